The number of hydrogen-bond acceptors (Lipinski definition) is 3. The summed E-state index contributed by atoms with van der Waals surface area (Å²) in [6.07, 6.45) is 1.09. The number of carbonyl (C=O) groups is 1. The lowest BCUT2D eigenvalue weighted by Gasteiger charge is -2.11. The molecule has 0 aliphatic rings. The molecule has 0 saturated carbocycles. The topological polar surface area (TPSA) is 63.2 Å². The highest BCUT2D eigenvalue weighted by atomic mass is 32.2. The number of anilines is 1. The summed E-state index contributed by atoms with van der Waals surface area (Å²) in [7, 11) is -3.47. The van der Waals surface area contributed by atoms with E-state index in [0.717, 1.165) is 17.0 Å². The van der Waals surface area contributed by atoms with Gasteiger partial charge in [0.2, 0.25) is 0 Å². The molecule has 3 rings (SSSR count). The first kappa shape index (κ1) is 15.2. The van der Waals surface area contributed by atoms with Gasteiger partial charge in [0, 0.05) is 17.3 Å². The molecule has 1 N–H and O–H groups in total. The summed E-state index contributed by atoms with van der Waals surface area (Å²) in [5, 5.41) is 4.71. The molecule has 0 spiro atoms. The van der Waals surface area contributed by atoms with Crippen LogP contribution >= 0.6 is 0 Å². The Morgan fingerprint density at radius 2 is 1.52 bits per heavy atom. The van der Waals surface area contributed by atoms with Crippen molar-refractivity contribution in [1.82, 2.24) is 0 Å². The SMILES string of the molecule is CS(=O)(=O)c1ccccc1C(=O)Nc1cccc2ccccc12. The molecule has 0 unspecified atom stereocenters. The number of rotatable bonds is 3. The Hall–Kier alpha value is -2.66. The molecule has 0 aliphatic carbocycles. The number of sulfone groups is 1. The van der Waals surface area contributed by atoms with Crippen LogP contribution in [0.15, 0.2) is 71.6 Å². The number of nitrogens with one attached hydrogen (secondary N) is 1. The summed E-state index contributed by atoms with van der Waals surface area (Å²) in [4.78, 5) is 12.6. The number of hydrogen-bond donors (Lipinski definition) is 1. The highest BCUT2D eigenvalue weighted by Gasteiger charge is 2.18. The molecule has 0 aliphatic heterocycles. The molecular formula is C18H15NO3S. The van der Waals surface area contributed by atoms with Crippen molar-refractivity contribution >= 4 is 32.2 Å². The summed E-state index contributed by atoms with van der Waals surface area (Å²) in [6, 6.07) is 19.5. The first-order valence-corrected chi connectivity index (χ1v) is 8.94. The first-order valence-electron chi connectivity index (χ1n) is 7.05. The third-order valence-electron chi connectivity index (χ3n) is 3.57. The lowest BCUT2D eigenvalue weighted by atomic mass is 10.1. The van der Waals surface area contributed by atoms with Gasteiger partial charge < -0.3 is 5.32 Å². The normalized spacial score (nSPS) is 11.3. The Bertz CT molecular complexity index is 989. The average Bonchev–Trinajstić information content (AvgIpc) is 2.54. The second-order valence-corrected chi connectivity index (χ2v) is 7.23. The second-order valence-electron chi connectivity index (χ2n) is 5.25. The van der Waals surface area contributed by atoms with Crippen LogP contribution in [0.25, 0.3) is 10.8 Å². The molecule has 23 heavy (non-hydrogen) atoms. The van der Waals surface area contributed by atoms with Crippen molar-refractivity contribution in [1.29, 1.82) is 0 Å². The maximum absolute atomic E-state index is 12.5. The zero-order chi connectivity index (χ0) is 16.4. The number of carbonyl (C=O) groups excluding carboxylic acids is 1. The fourth-order valence-electron chi connectivity index (χ4n) is 2.50. The van der Waals surface area contributed by atoms with E-state index in [1.54, 1.807) is 18.2 Å². The van der Waals surface area contributed by atoms with E-state index in [0.29, 0.717) is 5.69 Å². The minimum atomic E-state index is -3.47. The van der Waals surface area contributed by atoms with Crippen molar-refractivity contribution in [3.05, 3.63) is 72.3 Å². The third-order valence-corrected chi connectivity index (χ3v) is 4.72. The van der Waals surface area contributed by atoms with E-state index in [1.165, 1.54) is 12.1 Å². The van der Waals surface area contributed by atoms with Crippen molar-refractivity contribution in [2.24, 2.45) is 0 Å². The Labute approximate surface area is 134 Å². The van der Waals surface area contributed by atoms with Crippen LogP contribution in [0.2, 0.25) is 0 Å². The predicted molar refractivity (Wildman–Crippen MR) is 91.5 cm³/mol. The van der Waals surface area contributed by atoms with Gasteiger partial charge in [0.1, 0.15) is 0 Å². The van der Waals surface area contributed by atoms with Crippen molar-refractivity contribution < 1.29 is 13.2 Å². The minimum absolute atomic E-state index is 0.0257. The lowest BCUT2D eigenvalue weighted by molar-refractivity contribution is 0.102. The Morgan fingerprint density at radius 3 is 2.30 bits per heavy atom. The van der Waals surface area contributed by atoms with E-state index in [9.17, 15) is 13.2 Å². The minimum Gasteiger partial charge on any atom is -0.321 e. The van der Waals surface area contributed by atoms with Crippen molar-refractivity contribution in [3.8, 4) is 0 Å². The number of benzene rings is 3. The molecule has 0 saturated heterocycles. The Balaban J connectivity index is 2.03. The van der Waals surface area contributed by atoms with E-state index >= 15 is 0 Å². The van der Waals surface area contributed by atoms with Crippen LogP contribution in [0.1, 0.15) is 10.4 Å². The van der Waals surface area contributed by atoms with Gasteiger partial charge >= 0.3 is 0 Å². The van der Waals surface area contributed by atoms with Gasteiger partial charge in [-0.3, -0.25) is 4.79 Å². The quantitative estimate of drug-likeness (QED) is 0.801. The van der Waals surface area contributed by atoms with Crippen LogP contribution < -0.4 is 5.32 Å². The van der Waals surface area contributed by atoms with Gasteiger partial charge in [-0.25, -0.2) is 8.42 Å². The molecule has 5 heteroatoms. The van der Waals surface area contributed by atoms with E-state index < -0.39 is 15.7 Å². The van der Waals surface area contributed by atoms with Crippen LogP contribution in [0.3, 0.4) is 0 Å². The molecular weight excluding hydrogens is 310 g/mol. The maximum Gasteiger partial charge on any atom is 0.257 e. The van der Waals surface area contributed by atoms with Crippen LogP contribution in [0, 0.1) is 0 Å². The molecule has 0 fully saturated rings. The highest BCUT2D eigenvalue weighted by molar-refractivity contribution is 7.90. The number of fused-ring (bicyclic) bond motifs is 1. The standard InChI is InChI=1S/C18H15NO3S/c1-23(21,22)17-12-5-4-10-15(17)18(20)19-16-11-6-8-13-7-2-3-9-14(13)16/h2-12H,1H3,(H,19,20). The van der Waals surface area contributed by atoms with Crippen LogP contribution in [-0.4, -0.2) is 20.6 Å². The van der Waals surface area contributed by atoms with E-state index in [2.05, 4.69) is 5.32 Å². The van der Waals surface area contributed by atoms with Gasteiger partial charge in [0.05, 0.1) is 10.5 Å². The zero-order valence-electron chi connectivity index (χ0n) is 12.5. The molecule has 0 atom stereocenters. The first-order chi connectivity index (χ1) is 11.0. The van der Waals surface area contributed by atoms with Gasteiger partial charge in [-0.2, -0.15) is 0 Å². The summed E-state index contributed by atoms with van der Waals surface area (Å²) in [5.41, 5.74) is 0.791. The van der Waals surface area contributed by atoms with Crippen LogP contribution in [-0.2, 0) is 9.84 Å². The molecule has 0 heterocycles. The summed E-state index contributed by atoms with van der Waals surface area (Å²) >= 11 is 0. The zero-order valence-corrected chi connectivity index (χ0v) is 13.3. The third kappa shape index (κ3) is 3.10. The maximum atomic E-state index is 12.5. The predicted octanol–water partition coefficient (Wildman–Crippen LogP) is 3.50. The van der Waals surface area contributed by atoms with Gasteiger partial charge in [-0.1, -0.05) is 48.5 Å². The number of amides is 1. The second kappa shape index (κ2) is 5.85. The molecule has 0 bridgehead atoms. The van der Waals surface area contributed by atoms with Crippen molar-refractivity contribution in [2.75, 3.05) is 11.6 Å². The fraction of sp³-hybridized carbons (Fsp3) is 0.0556. The van der Waals surface area contributed by atoms with Gasteiger partial charge in [0.15, 0.2) is 9.84 Å². The average molecular weight is 325 g/mol. The molecule has 3 aromatic rings. The van der Waals surface area contributed by atoms with Gasteiger partial charge in [-0.15, -0.1) is 0 Å². The molecule has 0 radical (unpaired) electrons. The summed E-state index contributed by atoms with van der Waals surface area (Å²) in [6.45, 7) is 0. The summed E-state index contributed by atoms with van der Waals surface area (Å²) in [5.74, 6) is -0.442. The van der Waals surface area contributed by atoms with Crippen LogP contribution in [0.4, 0.5) is 5.69 Å². The van der Waals surface area contributed by atoms with Crippen LogP contribution in [0.5, 0.6) is 0 Å². The molecule has 116 valence electrons. The van der Waals surface area contributed by atoms with Crippen molar-refractivity contribution in [3.63, 3.8) is 0 Å². The molecule has 1 amide bonds. The lowest BCUT2D eigenvalue weighted by Crippen LogP contribution is -2.16. The molecule has 4 nitrogen and oxygen atoms in total. The largest absolute Gasteiger partial charge is 0.321 e. The molecule has 3 aromatic carbocycles. The fourth-order valence-corrected chi connectivity index (χ4v) is 3.39. The molecule has 0 aromatic heterocycles. The summed E-state index contributed by atoms with van der Waals surface area (Å²) < 4.78 is 23.7. The van der Waals surface area contributed by atoms with E-state index in [-0.39, 0.29) is 10.5 Å². The monoisotopic (exact) mass is 325 g/mol. The van der Waals surface area contributed by atoms with Gasteiger partial charge in [-0.05, 0) is 23.6 Å². The van der Waals surface area contributed by atoms with Gasteiger partial charge in [0.25, 0.3) is 5.91 Å². The Morgan fingerprint density at radius 1 is 0.870 bits per heavy atom. The smallest absolute Gasteiger partial charge is 0.257 e. The highest BCUT2D eigenvalue weighted by Crippen LogP contribution is 2.24. The Kier molecular flexibility index (Phi) is 3.88. The van der Waals surface area contributed by atoms with E-state index in [1.807, 2.05) is 36.4 Å². The van der Waals surface area contributed by atoms with Crippen molar-refractivity contribution in [2.45, 2.75) is 4.90 Å². The van der Waals surface area contributed by atoms with E-state index in [4.69, 9.17) is 0 Å².